The molecule has 7 nitrogen and oxygen atoms in total. The predicted octanol–water partition coefficient (Wildman–Crippen LogP) is 5.75. The SMILES string of the molecule is CN(C)c1nc(NC2CCC(NC(=O)Nc3ccc(Br)cc3C(F)(F)F)CC2)nc2c1CCCC2. The van der Waals surface area contributed by atoms with Gasteiger partial charge in [-0.2, -0.15) is 18.2 Å². The molecule has 0 spiro atoms. The van der Waals surface area contributed by atoms with Crippen LogP contribution in [0.2, 0.25) is 0 Å². The molecule has 35 heavy (non-hydrogen) atoms. The molecule has 2 aliphatic rings. The molecule has 11 heteroatoms. The minimum atomic E-state index is -4.57. The maximum atomic E-state index is 13.3. The highest BCUT2D eigenvalue weighted by Crippen LogP contribution is 2.36. The summed E-state index contributed by atoms with van der Waals surface area (Å²) in [5, 5.41) is 8.64. The fourth-order valence-electron chi connectivity index (χ4n) is 4.78. The summed E-state index contributed by atoms with van der Waals surface area (Å²) in [6, 6.07) is 3.09. The van der Waals surface area contributed by atoms with Crippen molar-refractivity contribution < 1.29 is 18.0 Å². The largest absolute Gasteiger partial charge is 0.418 e. The molecule has 4 rings (SSSR count). The second kappa shape index (κ2) is 10.6. The molecule has 0 unspecified atom stereocenters. The second-order valence-corrected chi connectivity index (χ2v) is 10.3. The number of halogens is 4. The van der Waals surface area contributed by atoms with Crippen LogP contribution in [0.25, 0.3) is 0 Å². The summed E-state index contributed by atoms with van der Waals surface area (Å²) in [5.74, 6) is 1.61. The number of hydrogen-bond acceptors (Lipinski definition) is 5. The first-order valence-corrected chi connectivity index (χ1v) is 12.7. The van der Waals surface area contributed by atoms with Crippen LogP contribution in [0.4, 0.5) is 35.4 Å². The number of benzene rings is 1. The molecule has 190 valence electrons. The molecule has 1 aromatic heterocycles. The summed E-state index contributed by atoms with van der Waals surface area (Å²) in [5.41, 5.74) is 1.20. The standard InChI is InChI=1S/C24H30BrF3N6O/c1-34(2)21-17-5-3-4-6-19(17)31-22(33-21)29-15-8-10-16(11-9-15)30-23(35)32-20-12-7-14(25)13-18(20)24(26,27)28/h7,12-13,15-16H,3-6,8-11H2,1-2H3,(H,29,31,33)(H2,30,32,35). The van der Waals surface area contributed by atoms with Crippen LogP contribution in [0.15, 0.2) is 22.7 Å². The summed E-state index contributed by atoms with van der Waals surface area (Å²) in [6.45, 7) is 0. The fourth-order valence-corrected chi connectivity index (χ4v) is 5.14. The van der Waals surface area contributed by atoms with Gasteiger partial charge in [0.1, 0.15) is 5.82 Å². The van der Waals surface area contributed by atoms with Crippen LogP contribution in [-0.2, 0) is 19.0 Å². The van der Waals surface area contributed by atoms with Crippen molar-refractivity contribution in [1.29, 1.82) is 0 Å². The predicted molar refractivity (Wildman–Crippen MR) is 134 cm³/mol. The van der Waals surface area contributed by atoms with Gasteiger partial charge in [-0.15, -0.1) is 0 Å². The van der Waals surface area contributed by atoms with Crippen LogP contribution in [0.3, 0.4) is 0 Å². The Morgan fingerprint density at radius 2 is 1.74 bits per heavy atom. The summed E-state index contributed by atoms with van der Waals surface area (Å²) in [6.07, 6.45) is 2.73. The van der Waals surface area contributed by atoms with Crippen molar-refractivity contribution in [3.05, 3.63) is 39.5 Å². The van der Waals surface area contributed by atoms with E-state index in [1.54, 1.807) is 0 Å². The van der Waals surface area contributed by atoms with Crippen molar-refractivity contribution in [2.24, 2.45) is 0 Å². The monoisotopic (exact) mass is 554 g/mol. The van der Waals surface area contributed by atoms with E-state index in [0.717, 1.165) is 56.1 Å². The summed E-state index contributed by atoms with van der Waals surface area (Å²) in [4.78, 5) is 24.0. The van der Waals surface area contributed by atoms with E-state index in [2.05, 4.69) is 31.9 Å². The number of aryl methyl sites for hydroxylation is 1. The lowest BCUT2D eigenvalue weighted by Crippen LogP contribution is -2.42. The Balaban J connectivity index is 1.32. The number of nitrogens with one attached hydrogen (secondary N) is 3. The molecule has 2 aromatic rings. The Bertz CT molecular complexity index is 1070. The Kier molecular flexibility index (Phi) is 7.73. The van der Waals surface area contributed by atoms with Crippen LogP contribution in [0, 0.1) is 0 Å². The number of anilines is 3. The van der Waals surface area contributed by atoms with Gasteiger partial charge in [0.05, 0.1) is 16.9 Å². The molecular formula is C24H30BrF3N6O. The summed E-state index contributed by atoms with van der Waals surface area (Å²) < 4.78 is 40.2. The Labute approximate surface area is 211 Å². The minimum Gasteiger partial charge on any atom is -0.362 e. The lowest BCUT2D eigenvalue weighted by molar-refractivity contribution is -0.136. The third kappa shape index (κ3) is 6.36. The van der Waals surface area contributed by atoms with E-state index >= 15 is 0 Å². The first-order chi connectivity index (χ1) is 16.6. The van der Waals surface area contributed by atoms with Crippen molar-refractivity contribution in [3.63, 3.8) is 0 Å². The van der Waals surface area contributed by atoms with Gasteiger partial charge in [0, 0.05) is 36.2 Å². The number of carbonyl (C=O) groups excluding carboxylic acids is 1. The highest BCUT2D eigenvalue weighted by Gasteiger charge is 2.34. The minimum absolute atomic E-state index is 0.111. The maximum Gasteiger partial charge on any atom is 0.418 e. The topological polar surface area (TPSA) is 82.2 Å². The number of fused-ring (bicyclic) bond motifs is 1. The van der Waals surface area contributed by atoms with Crippen LogP contribution in [0.1, 0.15) is 55.3 Å². The number of amides is 2. The molecule has 3 N–H and O–H groups in total. The van der Waals surface area contributed by atoms with Gasteiger partial charge in [0.25, 0.3) is 0 Å². The van der Waals surface area contributed by atoms with Gasteiger partial charge in [-0.25, -0.2) is 9.78 Å². The Morgan fingerprint density at radius 3 is 2.43 bits per heavy atom. The highest BCUT2D eigenvalue weighted by molar-refractivity contribution is 9.10. The molecule has 0 bridgehead atoms. The zero-order chi connectivity index (χ0) is 25.2. The summed E-state index contributed by atoms with van der Waals surface area (Å²) in [7, 11) is 3.99. The van der Waals surface area contributed by atoms with Gasteiger partial charge < -0.3 is 20.9 Å². The van der Waals surface area contributed by atoms with E-state index in [4.69, 9.17) is 9.97 Å². The molecule has 0 atom stereocenters. The van der Waals surface area contributed by atoms with Crippen molar-refractivity contribution >= 4 is 39.4 Å². The van der Waals surface area contributed by atoms with Gasteiger partial charge >= 0.3 is 12.2 Å². The van der Waals surface area contributed by atoms with Crippen molar-refractivity contribution in [2.75, 3.05) is 29.6 Å². The van der Waals surface area contributed by atoms with Crippen LogP contribution >= 0.6 is 15.9 Å². The van der Waals surface area contributed by atoms with Crippen LogP contribution < -0.4 is 20.9 Å². The Morgan fingerprint density at radius 1 is 1.06 bits per heavy atom. The molecular weight excluding hydrogens is 525 g/mol. The average Bonchev–Trinajstić information content (AvgIpc) is 2.80. The first kappa shape index (κ1) is 25.5. The lowest BCUT2D eigenvalue weighted by atomic mass is 9.91. The van der Waals surface area contributed by atoms with Gasteiger partial charge in [-0.1, -0.05) is 15.9 Å². The summed E-state index contributed by atoms with van der Waals surface area (Å²) >= 11 is 3.05. The third-order valence-electron chi connectivity index (χ3n) is 6.52. The second-order valence-electron chi connectivity index (χ2n) is 9.38. The molecule has 1 fully saturated rings. The molecule has 0 aliphatic heterocycles. The van der Waals surface area contributed by atoms with E-state index in [-0.39, 0.29) is 17.8 Å². The maximum absolute atomic E-state index is 13.3. The van der Waals surface area contributed by atoms with Gasteiger partial charge in [0.15, 0.2) is 0 Å². The molecule has 1 heterocycles. The average molecular weight is 555 g/mol. The Hall–Kier alpha value is -2.56. The number of rotatable bonds is 5. The van der Waals surface area contributed by atoms with Crippen LogP contribution in [-0.4, -0.2) is 42.2 Å². The molecule has 1 saturated carbocycles. The van der Waals surface area contributed by atoms with E-state index in [0.29, 0.717) is 23.3 Å². The molecule has 0 saturated heterocycles. The number of urea groups is 1. The first-order valence-electron chi connectivity index (χ1n) is 11.9. The van der Waals surface area contributed by atoms with E-state index < -0.39 is 17.8 Å². The van der Waals surface area contributed by atoms with Crippen LogP contribution in [0.5, 0.6) is 0 Å². The van der Waals surface area contributed by atoms with Crippen molar-refractivity contribution in [3.8, 4) is 0 Å². The lowest BCUT2D eigenvalue weighted by Gasteiger charge is -2.30. The molecule has 0 radical (unpaired) electrons. The fraction of sp³-hybridized carbons (Fsp3) is 0.542. The highest BCUT2D eigenvalue weighted by atomic mass is 79.9. The quantitative estimate of drug-likeness (QED) is 0.438. The van der Waals surface area contributed by atoms with E-state index in [1.165, 1.54) is 17.7 Å². The number of nitrogens with zero attached hydrogens (tertiary/aromatic N) is 3. The number of alkyl halides is 3. The van der Waals surface area contributed by atoms with Gasteiger partial charge in [0.2, 0.25) is 5.95 Å². The zero-order valence-electron chi connectivity index (χ0n) is 19.8. The smallest absolute Gasteiger partial charge is 0.362 e. The van der Waals surface area contributed by atoms with E-state index in [9.17, 15) is 18.0 Å². The zero-order valence-corrected chi connectivity index (χ0v) is 21.4. The van der Waals surface area contributed by atoms with Gasteiger partial charge in [-0.3, -0.25) is 0 Å². The van der Waals surface area contributed by atoms with Gasteiger partial charge in [-0.05, 0) is 69.6 Å². The number of carbonyl (C=O) groups is 1. The van der Waals surface area contributed by atoms with E-state index in [1.807, 2.05) is 19.0 Å². The molecule has 1 aromatic carbocycles. The molecule has 2 amide bonds. The third-order valence-corrected chi connectivity index (χ3v) is 7.01. The van der Waals surface area contributed by atoms with Crippen molar-refractivity contribution in [1.82, 2.24) is 15.3 Å². The van der Waals surface area contributed by atoms with Crippen molar-refractivity contribution in [2.45, 2.75) is 69.6 Å². The number of aromatic nitrogens is 2. The molecule has 2 aliphatic carbocycles. The normalized spacial score (nSPS) is 20.1. The number of hydrogen-bond donors (Lipinski definition) is 3.